The van der Waals surface area contributed by atoms with Gasteiger partial charge in [-0.15, -0.1) is 11.8 Å². The van der Waals surface area contributed by atoms with Crippen molar-refractivity contribution >= 4 is 31.8 Å². The molecule has 1 unspecified atom stereocenters. The van der Waals surface area contributed by atoms with Gasteiger partial charge in [0.05, 0.1) is 7.11 Å². The predicted molar refractivity (Wildman–Crippen MR) is 113 cm³/mol. The number of anilines is 1. The van der Waals surface area contributed by atoms with Gasteiger partial charge in [0.1, 0.15) is 5.25 Å². The van der Waals surface area contributed by atoms with E-state index < -0.39 is 0 Å². The number of hydrogen-bond acceptors (Lipinski definition) is 5. The lowest BCUT2D eigenvalue weighted by Crippen LogP contribution is -2.18. The molecule has 0 fully saturated rings. The Morgan fingerprint density at radius 2 is 1.67 bits per heavy atom. The molecule has 4 N–H and O–H groups in total. The largest absolute Gasteiger partial charge is 0.468 e. The molecule has 0 aliphatic carbocycles. The molecule has 0 aromatic heterocycles. The molecule has 1 rings (SSSR count). The zero-order chi connectivity index (χ0) is 15.4. The molecule has 0 bridgehead atoms. The van der Waals surface area contributed by atoms with Gasteiger partial charge in [-0.3, -0.25) is 4.79 Å². The van der Waals surface area contributed by atoms with Crippen molar-refractivity contribution in [2.75, 3.05) is 19.0 Å². The third-order valence-electron chi connectivity index (χ3n) is 2.53. The summed E-state index contributed by atoms with van der Waals surface area (Å²) in [5.74, 6) is -0.141. The van der Waals surface area contributed by atoms with Gasteiger partial charge in [0.25, 0.3) is 0 Å². The molecule has 0 amide bonds. The number of benzene rings is 1. The maximum Gasteiger partial charge on any atom is 0.319 e. The Balaban J connectivity index is -0.000000193. The monoisotopic (exact) mass is 357 g/mol. The highest BCUT2D eigenvalue weighted by Crippen LogP contribution is 2.28. The number of hydrogen-bond donors (Lipinski definition) is 2. The number of carbonyl (C=O) groups is 1. The normalized spacial score (nSPS) is 9.21. The van der Waals surface area contributed by atoms with Crippen LogP contribution in [0.4, 0.5) is 5.69 Å². The van der Waals surface area contributed by atoms with E-state index in [-0.39, 0.29) is 40.6 Å². The molecule has 0 aliphatic rings. The molecule has 6 heteroatoms. The third-order valence-corrected chi connectivity index (χ3v) is 3.79. The van der Waals surface area contributed by atoms with Gasteiger partial charge in [0.2, 0.25) is 0 Å². The third kappa shape index (κ3) is 13.3. The summed E-state index contributed by atoms with van der Waals surface area (Å²) in [4.78, 5) is 12.7. The van der Waals surface area contributed by atoms with Crippen molar-refractivity contribution in [1.82, 2.24) is 6.15 Å². The average molecular weight is 357 g/mol. The van der Waals surface area contributed by atoms with Gasteiger partial charge >= 0.3 is 5.97 Å². The summed E-state index contributed by atoms with van der Waals surface area (Å²) >= 11 is 1.57. The van der Waals surface area contributed by atoms with Gasteiger partial charge < -0.3 is 16.2 Å². The quantitative estimate of drug-likeness (QED) is 0.376. The second-order valence-electron chi connectivity index (χ2n) is 3.97. The Labute approximate surface area is 156 Å². The first-order valence-corrected chi connectivity index (χ1v) is 8.17. The molecule has 141 valence electrons. The van der Waals surface area contributed by atoms with E-state index in [1.54, 1.807) is 11.8 Å². The van der Waals surface area contributed by atoms with Gasteiger partial charge in [-0.25, -0.2) is 0 Å². The Morgan fingerprint density at radius 3 is 2.04 bits per heavy atom. The fourth-order valence-corrected chi connectivity index (χ4v) is 2.81. The SMILES string of the molecule is C.C.CC.CCCC(Sc1ccc(NCC)cc1)C(=O)OC.N.[B]. The standard InChI is InChI=1S/C14H21NO2S.C2H6.2CH4.B.H3N/c1-4-6-13(14(16)17-3)18-12-9-7-11(8-10-12)15-5-2;1-2;;;;/h7-10,13,15H,4-6H2,1-3H3;1-2H3;2*1H4;;1H3. The summed E-state index contributed by atoms with van der Waals surface area (Å²) in [6, 6.07) is 8.14. The van der Waals surface area contributed by atoms with Gasteiger partial charge in [-0.05, 0) is 37.6 Å². The average Bonchev–Trinajstić information content (AvgIpc) is 2.50. The lowest BCUT2D eigenvalue weighted by Gasteiger charge is -2.13. The van der Waals surface area contributed by atoms with Crippen molar-refractivity contribution in [2.24, 2.45) is 0 Å². The lowest BCUT2D eigenvalue weighted by molar-refractivity contribution is -0.140. The van der Waals surface area contributed by atoms with Crippen LogP contribution in [0.15, 0.2) is 29.2 Å². The molecule has 0 saturated heterocycles. The Hall–Kier alpha value is -1.14. The van der Waals surface area contributed by atoms with Crippen molar-refractivity contribution in [1.29, 1.82) is 0 Å². The molecule has 1 aromatic rings. The number of methoxy groups -OCH3 is 1. The van der Waals surface area contributed by atoms with Crippen LogP contribution in [0, 0.1) is 0 Å². The molecule has 3 radical (unpaired) electrons. The van der Waals surface area contributed by atoms with E-state index in [9.17, 15) is 4.79 Å². The fraction of sp³-hybridized carbons (Fsp3) is 0.611. The number of nitrogens with one attached hydrogen (secondary N) is 1. The van der Waals surface area contributed by atoms with E-state index in [2.05, 4.69) is 19.2 Å². The van der Waals surface area contributed by atoms with Crippen LogP contribution in [0.5, 0.6) is 0 Å². The second-order valence-corrected chi connectivity index (χ2v) is 5.25. The summed E-state index contributed by atoms with van der Waals surface area (Å²) < 4.78 is 4.83. The van der Waals surface area contributed by atoms with Crippen LogP contribution in [0.25, 0.3) is 0 Å². The molecule has 1 atom stereocenters. The molecule has 4 nitrogen and oxygen atoms in total. The maximum atomic E-state index is 11.6. The summed E-state index contributed by atoms with van der Waals surface area (Å²) in [5, 5.41) is 3.14. The van der Waals surface area contributed by atoms with Crippen LogP contribution in [0.2, 0.25) is 0 Å². The molecule has 1 aromatic carbocycles. The van der Waals surface area contributed by atoms with E-state index in [1.165, 1.54) is 7.11 Å². The van der Waals surface area contributed by atoms with Crippen molar-refractivity contribution in [2.45, 2.75) is 65.5 Å². The fourth-order valence-electron chi connectivity index (χ4n) is 1.64. The highest BCUT2D eigenvalue weighted by molar-refractivity contribution is 8.00. The van der Waals surface area contributed by atoms with Gasteiger partial charge in [0, 0.05) is 25.5 Å². The minimum absolute atomic E-state index is 0. The lowest BCUT2D eigenvalue weighted by atomic mass is 10.2. The minimum Gasteiger partial charge on any atom is -0.468 e. The van der Waals surface area contributed by atoms with Crippen molar-refractivity contribution in [3.05, 3.63) is 24.3 Å². The van der Waals surface area contributed by atoms with Crippen molar-refractivity contribution < 1.29 is 9.53 Å². The van der Waals surface area contributed by atoms with Crippen LogP contribution in [0.1, 0.15) is 55.4 Å². The maximum absolute atomic E-state index is 11.6. The van der Waals surface area contributed by atoms with Gasteiger partial charge in [-0.2, -0.15) is 0 Å². The first kappa shape index (κ1) is 34.3. The van der Waals surface area contributed by atoms with E-state index in [4.69, 9.17) is 4.74 Å². The summed E-state index contributed by atoms with van der Waals surface area (Å²) in [7, 11) is 1.44. The zero-order valence-electron chi connectivity index (χ0n) is 14.5. The topological polar surface area (TPSA) is 73.3 Å². The zero-order valence-corrected chi connectivity index (χ0v) is 15.3. The van der Waals surface area contributed by atoms with Crippen molar-refractivity contribution in [3.8, 4) is 0 Å². The highest BCUT2D eigenvalue weighted by atomic mass is 32.2. The van der Waals surface area contributed by atoms with Crippen molar-refractivity contribution in [3.63, 3.8) is 0 Å². The number of thioether (sulfide) groups is 1. The van der Waals surface area contributed by atoms with Gasteiger partial charge in [0.15, 0.2) is 0 Å². The molecule has 24 heavy (non-hydrogen) atoms. The van der Waals surface area contributed by atoms with Crippen LogP contribution in [-0.2, 0) is 9.53 Å². The Bertz CT molecular complexity index is 376. The van der Waals surface area contributed by atoms with E-state index >= 15 is 0 Å². The molecule has 0 spiro atoms. The van der Waals surface area contributed by atoms with Gasteiger partial charge in [-0.1, -0.05) is 42.0 Å². The molecular weight excluding hydrogens is 319 g/mol. The smallest absolute Gasteiger partial charge is 0.319 e. The number of carbonyl (C=O) groups excluding carboxylic acids is 1. The number of ether oxygens (including phenoxy) is 1. The van der Waals surface area contributed by atoms with Crippen LogP contribution in [-0.4, -0.2) is 33.3 Å². The Kier molecular flexibility index (Phi) is 31.2. The van der Waals surface area contributed by atoms with E-state index in [0.29, 0.717) is 0 Å². The molecule has 0 saturated carbocycles. The molecule has 0 aliphatic heterocycles. The first-order valence-electron chi connectivity index (χ1n) is 7.29. The first-order chi connectivity index (χ1) is 9.71. The summed E-state index contributed by atoms with van der Waals surface area (Å²) in [5.41, 5.74) is 1.10. The van der Waals surface area contributed by atoms with E-state index in [1.807, 2.05) is 38.1 Å². The summed E-state index contributed by atoms with van der Waals surface area (Å²) in [6.45, 7) is 9.05. The van der Waals surface area contributed by atoms with Crippen LogP contribution >= 0.6 is 11.8 Å². The van der Waals surface area contributed by atoms with Crippen LogP contribution in [0.3, 0.4) is 0 Å². The minimum atomic E-state index is -0.141. The highest BCUT2D eigenvalue weighted by Gasteiger charge is 2.19. The molecular formula is C18H38BN2O2S. The Morgan fingerprint density at radius 1 is 1.17 bits per heavy atom. The number of esters is 1. The van der Waals surface area contributed by atoms with Crippen LogP contribution < -0.4 is 11.5 Å². The second kappa shape index (κ2) is 21.9. The molecule has 0 heterocycles. The predicted octanol–water partition coefficient (Wildman–Crippen LogP) is 5.63. The number of rotatable bonds is 7. The summed E-state index contributed by atoms with van der Waals surface area (Å²) in [6.07, 6.45) is 1.81. The van der Waals surface area contributed by atoms with E-state index in [0.717, 1.165) is 30.0 Å².